The van der Waals surface area contributed by atoms with E-state index in [1.165, 1.54) is 31.1 Å². The van der Waals surface area contributed by atoms with Crippen molar-refractivity contribution in [2.45, 2.75) is 153 Å². The van der Waals surface area contributed by atoms with Crippen molar-refractivity contribution >= 4 is 74.4 Å². The zero-order chi connectivity index (χ0) is 58.5. The first-order valence-electron chi connectivity index (χ1n) is 27.1. The Bertz CT molecular complexity index is 2260. The molecule has 3 aliphatic rings. The molecule has 23 heteroatoms. The second kappa shape index (κ2) is 32.6. The predicted molar refractivity (Wildman–Crippen MR) is 304 cm³/mol. The fourth-order valence-corrected chi connectivity index (χ4v) is 11.9. The summed E-state index contributed by atoms with van der Waals surface area (Å²) in [5.41, 5.74) is -1.05. The Kier molecular flexibility index (Phi) is 27.9. The van der Waals surface area contributed by atoms with Gasteiger partial charge in [0.1, 0.15) is 46.5 Å². The van der Waals surface area contributed by atoms with Crippen LogP contribution in [-0.4, -0.2) is 186 Å². The molecule has 0 spiro atoms. The zero-order valence-electron chi connectivity index (χ0n) is 48.3. The highest BCUT2D eigenvalue weighted by molar-refractivity contribution is 8.77. The van der Waals surface area contributed by atoms with E-state index in [4.69, 9.17) is 54.2 Å². The van der Waals surface area contributed by atoms with Crippen molar-refractivity contribution in [2.24, 2.45) is 11.8 Å². The molecule has 8 atom stereocenters. The van der Waals surface area contributed by atoms with E-state index in [1.54, 1.807) is 73.7 Å². The van der Waals surface area contributed by atoms with Crippen molar-refractivity contribution in [3.8, 4) is 5.75 Å². The number of ketones is 1. The van der Waals surface area contributed by atoms with Gasteiger partial charge in [-0.1, -0.05) is 77.8 Å². The Hall–Kier alpha value is -3.97. The topological polar surface area (TPSA) is 240 Å². The van der Waals surface area contributed by atoms with Crippen molar-refractivity contribution in [3.63, 3.8) is 0 Å². The van der Waals surface area contributed by atoms with E-state index in [1.807, 2.05) is 40.7 Å². The molecule has 1 aromatic carbocycles. The molecule has 0 saturated carbocycles. The van der Waals surface area contributed by atoms with E-state index in [0.29, 0.717) is 103 Å². The van der Waals surface area contributed by atoms with Crippen molar-refractivity contribution in [1.29, 1.82) is 0 Å². The highest BCUT2D eigenvalue weighted by Gasteiger charge is 2.64. The minimum absolute atomic E-state index is 0.0205. The number of rotatable bonds is 30. The number of alkyl carbamates (subject to hydrolysis) is 1. The number of halogens is 1. The molecule has 3 heterocycles. The smallest absolute Gasteiger partial charge is 0.409 e. The number of methoxy groups -OCH3 is 2. The number of carbonyl (C=O) groups excluding carboxylic acids is 6. The molecule has 4 amide bonds. The lowest BCUT2D eigenvalue weighted by Crippen LogP contribution is -2.63. The number of fused-ring (bicyclic) bond motifs is 5. The van der Waals surface area contributed by atoms with Gasteiger partial charge >= 0.3 is 12.1 Å². The van der Waals surface area contributed by atoms with Crippen LogP contribution in [0.3, 0.4) is 0 Å². The van der Waals surface area contributed by atoms with Gasteiger partial charge in [0.2, 0.25) is 17.7 Å². The maximum absolute atomic E-state index is 14.4. The molecule has 2 fully saturated rings. The van der Waals surface area contributed by atoms with Gasteiger partial charge in [-0.15, -0.1) is 0 Å². The first-order chi connectivity index (χ1) is 37.4. The van der Waals surface area contributed by atoms with Crippen LogP contribution in [0.2, 0.25) is 5.02 Å². The van der Waals surface area contributed by atoms with Gasteiger partial charge < -0.3 is 62.9 Å². The first-order valence-corrected chi connectivity index (χ1v) is 29.8. The fraction of sp³-hybridized carbons (Fsp3) is 0.714. The lowest BCUT2D eigenvalue weighted by atomic mass is 9.83. The normalized spacial score (nSPS) is 25.0. The highest BCUT2D eigenvalue weighted by atomic mass is 35.5. The van der Waals surface area contributed by atoms with Crippen LogP contribution in [0.15, 0.2) is 35.9 Å². The van der Waals surface area contributed by atoms with Crippen LogP contribution < -0.4 is 20.3 Å². The number of nitrogens with zero attached hydrogens (tertiary/aromatic N) is 2. The number of likely N-dealkylation sites (N-methyl/N-ethyl adjacent to an activating group) is 1. The van der Waals surface area contributed by atoms with Gasteiger partial charge in [0, 0.05) is 75.8 Å². The summed E-state index contributed by atoms with van der Waals surface area (Å²) in [5, 5.41) is 17.5. The summed E-state index contributed by atoms with van der Waals surface area (Å²) >= 11 is 6.84. The number of Topliss-reactive ketones (excluding diaryl/α,β-unsaturated/α-hetero) is 1. The summed E-state index contributed by atoms with van der Waals surface area (Å²) in [6.45, 7) is 18.5. The van der Waals surface area contributed by atoms with Gasteiger partial charge in [-0.2, -0.15) is 0 Å². The summed E-state index contributed by atoms with van der Waals surface area (Å²) in [5.74, 6) is -0.821. The zero-order valence-corrected chi connectivity index (χ0v) is 50.7. The van der Waals surface area contributed by atoms with Crippen molar-refractivity contribution in [2.75, 3.05) is 98.4 Å². The number of ether oxygens (including phenoxy) is 9. The van der Waals surface area contributed by atoms with E-state index in [2.05, 4.69) is 10.6 Å². The van der Waals surface area contributed by atoms with Crippen LogP contribution in [0.4, 0.5) is 10.5 Å². The van der Waals surface area contributed by atoms with Gasteiger partial charge in [-0.3, -0.25) is 24.5 Å². The lowest BCUT2D eigenvalue weighted by Gasteiger charge is -2.42. The molecule has 0 aromatic heterocycles. The van der Waals surface area contributed by atoms with Crippen LogP contribution in [0.1, 0.15) is 106 Å². The Labute approximate surface area is 480 Å². The molecule has 2 saturated heterocycles. The Balaban J connectivity index is 1.25. The van der Waals surface area contributed by atoms with Crippen LogP contribution in [0.5, 0.6) is 5.75 Å². The van der Waals surface area contributed by atoms with Crippen LogP contribution in [0, 0.1) is 11.8 Å². The number of aliphatic hydroxyl groups is 1. The molecule has 4 rings (SSSR count). The Morgan fingerprint density at radius 3 is 2.27 bits per heavy atom. The van der Waals surface area contributed by atoms with Crippen molar-refractivity contribution in [3.05, 3.63) is 46.5 Å². The highest BCUT2D eigenvalue weighted by Crippen LogP contribution is 2.49. The molecule has 20 nitrogen and oxygen atoms in total. The van der Waals surface area contributed by atoms with E-state index in [9.17, 15) is 33.9 Å². The number of benzene rings is 1. The Morgan fingerprint density at radius 1 is 0.987 bits per heavy atom. The molecule has 4 bridgehead atoms. The number of hydrogen-bond acceptors (Lipinski definition) is 18. The van der Waals surface area contributed by atoms with Crippen molar-refractivity contribution < 1.29 is 76.5 Å². The predicted octanol–water partition coefficient (Wildman–Crippen LogP) is 7.03. The quantitative estimate of drug-likeness (QED) is 0.0303. The number of carbonyl (C=O) groups is 6. The molecule has 0 aliphatic carbocycles. The first kappa shape index (κ1) is 67.5. The number of epoxide rings is 1. The molecule has 0 radical (unpaired) electrons. The SMILES string of the molecule is COc1cc2cc(c1Cl)N(C)C(=O)C[C@H](OC(=O)[C@@H](C)N(C)C(=O)CCC(C)(C)SSCCCC(=O)NCCOCCOCCOCCOCCC(=O)C(C)C)[C@]1(C)OC1[C@@H](C)C1C[C@@](O)(NC(=O)O1)[C@H](OC)/C=C/C=C(\C)C2. The second-order valence-electron chi connectivity index (χ2n) is 21.3. The van der Waals surface area contributed by atoms with Gasteiger partial charge in [0.05, 0.1) is 78.2 Å². The average Bonchev–Trinajstić information content (AvgIpc) is 4.20. The van der Waals surface area contributed by atoms with E-state index < -0.39 is 65.7 Å². The second-order valence-corrected chi connectivity index (χ2v) is 24.8. The summed E-state index contributed by atoms with van der Waals surface area (Å²) in [6.07, 6.45) is 2.77. The monoisotopic (exact) mass is 1170 g/mol. The van der Waals surface area contributed by atoms with Gasteiger partial charge in [0.15, 0.2) is 5.72 Å². The molecule has 79 heavy (non-hydrogen) atoms. The molecule has 1 aromatic rings. The van der Waals surface area contributed by atoms with Crippen LogP contribution in [0.25, 0.3) is 0 Å². The number of esters is 1. The van der Waals surface area contributed by atoms with E-state index >= 15 is 0 Å². The third-order valence-electron chi connectivity index (χ3n) is 14.2. The largest absolute Gasteiger partial charge is 0.495 e. The van der Waals surface area contributed by atoms with Gasteiger partial charge in [-0.05, 0) is 71.6 Å². The fourth-order valence-electron chi connectivity index (χ4n) is 8.91. The molecule has 3 N–H and O–H groups in total. The maximum atomic E-state index is 14.4. The molecule has 446 valence electrons. The van der Waals surface area contributed by atoms with Crippen LogP contribution in [-0.2, 0) is 68.3 Å². The van der Waals surface area contributed by atoms with Crippen molar-refractivity contribution in [1.82, 2.24) is 15.5 Å². The van der Waals surface area contributed by atoms with Gasteiger partial charge in [-0.25, -0.2) is 9.59 Å². The molecule has 3 aliphatic heterocycles. The minimum Gasteiger partial charge on any atom is -0.495 e. The molecule has 2 unspecified atom stereocenters. The lowest BCUT2D eigenvalue weighted by molar-refractivity contribution is -0.162. The van der Waals surface area contributed by atoms with Crippen LogP contribution >= 0.6 is 33.2 Å². The third-order valence-corrected chi connectivity index (χ3v) is 18.0. The molecular weight excluding hydrogens is 1080 g/mol. The Morgan fingerprint density at radius 2 is 1.63 bits per heavy atom. The van der Waals surface area contributed by atoms with E-state index in [-0.39, 0.29) is 52.5 Å². The minimum atomic E-state index is -1.86. The summed E-state index contributed by atoms with van der Waals surface area (Å²) in [6, 6.07) is 2.53. The number of anilines is 1. The molecular formula is C56H87ClN4O16S2. The number of hydrogen-bond donors (Lipinski definition) is 3. The summed E-state index contributed by atoms with van der Waals surface area (Å²) in [4.78, 5) is 82.0. The maximum Gasteiger partial charge on any atom is 0.409 e. The summed E-state index contributed by atoms with van der Waals surface area (Å²) in [7, 11) is 9.29. The number of allylic oxidation sites excluding steroid dienone is 3. The van der Waals surface area contributed by atoms with Gasteiger partial charge in [0.25, 0.3) is 0 Å². The average molecular weight is 1170 g/mol. The third kappa shape index (κ3) is 21.4. The summed E-state index contributed by atoms with van der Waals surface area (Å²) < 4.78 is 51.2. The van der Waals surface area contributed by atoms with E-state index in [0.717, 1.165) is 16.9 Å². The number of amides is 4. The number of nitrogens with one attached hydrogen (secondary N) is 2. The standard InChI is InChI=1S/C56H87ClN4O16S2/c1-36(2)42(62)19-22-71-24-26-73-28-29-74-27-25-72-23-21-58-47(63)17-14-30-78-79-54(6,7)20-18-48(64)60(9)39(5)52(66)76-46-34-49(65)61(10)41-32-40(33-43(69-11)50(41)57)31-37(3)15-13-16-45(70-12)56(68)35-44(75-53(67)59-56)38(4)51-55(46,8)77-51/h13,15-16,32-33,36,38-39,44-46,51,68H,14,17-31,34-35H2,1-12H3,(H,58,63)(H,59,67)/b16-13+,37-15+/t38-,39+,44?,45+,46-,51?,55-,56-/m0/s1.